The van der Waals surface area contributed by atoms with Crippen LogP contribution in [-0.2, 0) is 11.2 Å². The van der Waals surface area contributed by atoms with Gasteiger partial charge in [0, 0.05) is 37.3 Å². The molecule has 0 radical (unpaired) electrons. The molecule has 6 nitrogen and oxygen atoms in total. The maximum absolute atomic E-state index is 12.8. The van der Waals surface area contributed by atoms with Crippen LogP contribution in [0.1, 0.15) is 55.7 Å². The van der Waals surface area contributed by atoms with Crippen molar-refractivity contribution < 1.29 is 4.79 Å². The molecule has 2 fully saturated rings. The lowest BCUT2D eigenvalue weighted by Crippen LogP contribution is -2.30. The summed E-state index contributed by atoms with van der Waals surface area (Å²) in [6, 6.07) is 3.82. The topological polar surface area (TPSA) is 74.8 Å². The smallest absolute Gasteiger partial charge is 0.227 e. The zero-order valence-electron chi connectivity index (χ0n) is 14.9. The van der Waals surface area contributed by atoms with Crippen molar-refractivity contribution in [3.63, 3.8) is 0 Å². The summed E-state index contributed by atoms with van der Waals surface area (Å²) < 4.78 is 0. The molecule has 1 aliphatic carbocycles. The number of pyridine rings is 1. The molecular weight excluding hydrogens is 314 g/mol. The summed E-state index contributed by atoms with van der Waals surface area (Å²) in [6.45, 7) is 5.80. The highest BCUT2D eigenvalue weighted by atomic mass is 16.2. The zero-order valence-corrected chi connectivity index (χ0v) is 14.9. The summed E-state index contributed by atoms with van der Waals surface area (Å²) in [5.41, 5.74) is 1.02. The summed E-state index contributed by atoms with van der Waals surface area (Å²) in [5.74, 6) is 3.86. The summed E-state index contributed by atoms with van der Waals surface area (Å²) in [7, 11) is 0. The van der Waals surface area contributed by atoms with Crippen molar-refractivity contribution >= 4 is 5.91 Å². The van der Waals surface area contributed by atoms with Gasteiger partial charge in [-0.05, 0) is 42.4 Å². The predicted molar refractivity (Wildman–Crippen MR) is 93.9 cm³/mol. The molecular formula is C19H25N5O. The Morgan fingerprint density at radius 3 is 2.68 bits per heavy atom. The van der Waals surface area contributed by atoms with Crippen LogP contribution in [-0.4, -0.2) is 44.1 Å². The number of likely N-dealkylation sites (tertiary alicyclic amines) is 1. The van der Waals surface area contributed by atoms with Crippen molar-refractivity contribution in [2.24, 2.45) is 11.8 Å². The monoisotopic (exact) mass is 339 g/mol. The van der Waals surface area contributed by atoms with Crippen LogP contribution in [0.5, 0.6) is 0 Å². The first-order chi connectivity index (χ1) is 12.1. The van der Waals surface area contributed by atoms with Gasteiger partial charge >= 0.3 is 0 Å². The third-order valence-corrected chi connectivity index (χ3v) is 5.44. The SMILES string of the molecule is CC(C)c1n[nH]c([C@H]2CN(C(=O)Cc3ccncc3)C[C@@H]2C2CC2)n1. The first kappa shape index (κ1) is 16.2. The van der Waals surface area contributed by atoms with Gasteiger partial charge < -0.3 is 4.90 Å². The van der Waals surface area contributed by atoms with Crippen LogP contribution in [0.25, 0.3) is 0 Å². The van der Waals surface area contributed by atoms with Crippen molar-refractivity contribution in [1.82, 2.24) is 25.1 Å². The lowest BCUT2D eigenvalue weighted by molar-refractivity contribution is -0.129. The summed E-state index contributed by atoms with van der Waals surface area (Å²) in [5, 5.41) is 7.51. The van der Waals surface area contributed by atoms with E-state index in [-0.39, 0.29) is 11.8 Å². The van der Waals surface area contributed by atoms with Crippen LogP contribution in [0.3, 0.4) is 0 Å². The highest BCUT2D eigenvalue weighted by molar-refractivity contribution is 5.79. The molecule has 1 aliphatic heterocycles. The van der Waals surface area contributed by atoms with Gasteiger partial charge in [0.15, 0.2) is 5.82 Å². The van der Waals surface area contributed by atoms with Crippen molar-refractivity contribution in [1.29, 1.82) is 0 Å². The van der Waals surface area contributed by atoms with Crippen molar-refractivity contribution in [3.05, 3.63) is 41.7 Å². The van der Waals surface area contributed by atoms with E-state index in [4.69, 9.17) is 4.98 Å². The van der Waals surface area contributed by atoms with E-state index in [0.717, 1.165) is 36.2 Å². The normalized spacial score (nSPS) is 23.4. The fourth-order valence-electron chi connectivity index (χ4n) is 3.82. The van der Waals surface area contributed by atoms with Crippen LogP contribution in [0.4, 0.5) is 0 Å². The van der Waals surface area contributed by atoms with E-state index in [1.807, 2.05) is 17.0 Å². The van der Waals surface area contributed by atoms with Crippen molar-refractivity contribution in [3.8, 4) is 0 Å². The van der Waals surface area contributed by atoms with Gasteiger partial charge in [-0.2, -0.15) is 5.10 Å². The van der Waals surface area contributed by atoms with Gasteiger partial charge in [0.2, 0.25) is 5.91 Å². The molecule has 6 heteroatoms. The number of aromatic amines is 1. The van der Waals surface area contributed by atoms with Gasteiger partial charge in [0.1, 0.15) is 5.82 Å². The number of aromatic nitrogens is 4. The Labute approximate surface area is 148 Å². The summed E-state index contributed by atoms with van der Waals surface area (Å²) in [6.07, 6.45) is 6.48. The molecule has 2 atom stereocenters. The van der Waals surface area contributed by atoms with E-state index >= 15 is 0 Å². The number of carbonyl (C=O) groups is 1. The fourth-order valence-corrected chi connectivity index (χ4v) is 3.82. The molecule has 0 aromatic carbocycles. The van der Waals surface area contributed by atoms with Gasteiger partial charge in [-0.15, -0.1) is 0 Å². The predicted octanol–water partition coefficient (Wildman–Crippen LogP) is 2.52. The van der Waals surface area contributed by atoms with Crippen molar-refractivity contribution in [2.45, 2.75) is 44.9 Å². The Bertz CT molecular complexity index is 737. The van der Waals surface area contributed by atoms with E-state index in [1.54, 1.807) is 12.4 Å². The third kappa shape index (κ3) is 3.43. The van der Waals surface area contributed by atoms with E-state index in [1.165, 1.54) is 12.8 Å². The summed E-state index contributed by atoms with van der Waals surface area (Å²) >= 11 is 0. The molecule has 4 rings (SSSR count). The van der Waals surface area contributed by atoms with Crippen LogP contribution in [0, 0.1) is 11.8 Å². The lowest BCUT2D eigenvalue weighted by atomic mass is 9.91. The van der Waals surface area contributed by atoms with E-state index in [9.17, 15) is 4.79 Å². The Kier molecular flexibility index (Phi) is 4.27. The molecule has 0 unspecified atom stereocenters. The minimum atomic E-state index is 0.197. The Morgan fingerprint density at radius 2 is 2.04 bits per heavy atom. The van der Waals surface area contributed by atoms with Gasteiger partial charge in [-0.1, -0.05) is 13.8 Å². The molecule has 2 aliphatic rings. The molecule has 0 spiro atoms. The van der Waals surface area contributed by atoms with Crippen molar-refractivity contribution in [2.75, 3.05) is 13.1 Å². The van der Waals surface area contributed by atoms with Crippen LogP contribution >= 0.6 is 0 Å². The molecule has 1 saturated carbocycles. The average molecular weight is 339 g/mol. The third-order valence-electron chi connectivity index (χ3n) is 5.44. The molecule has 2 aromatic rings. The molecule has 132 valence electrons. The Hall–Kier alpha value is -2.24. The quantitative estimate of drug-likeness (QED) is 0.908. The molecule has 0 bridgehead atoms. The van der Waals surface area contributed by atoms with E-state index in [0.29, 0.717) is 18.3 Å². The van der Waals surface area contributed by atoms with Gasteiger partial charge in [-0.25, -0.2) is 4.98 Å². The summed E-state index contributed by atoms with van der Waals surface area (Å²) in [4.78, 5) is 23.5. The van der Waals surface area contributed by atoms with Crippen LogP contribution < -0.4 is 0 Å². The number of carbonyl (C=O) groups excluding carboxylic acids is 1. The second-order valence-electron chi connectivity index (χ2n) is 7.67. The standard InChI is InChI=1S/C19H25N5O/c1-12(2)18-21-19(23-22-18)16-11-24(10-15(16)14-3-4-14)17(25)9-13-5-7-20-8-6-13/h5-8,12,14-16H,3-4,9-11H2,1-2H3,(H,21,22,23)/t15-,16+/m1/s1. The number of hydrogen-bond donors (Lipinski definition) is 1. The van der Waals surface area contributed by atoms with Crippen LogP contribution in [0.15, 0.2) is 24.5 Å². The first-order valence-corrected chi connectivity index (χ1v) is 9.20. The van der Waals surface area contributed by atoms with E-state index in [2.05, 4.69) is 29.0 Å². The molecule has 1 saturated heterocycles. The minimum absolute atomic E-state index is 0.197. The van der Waals surface area contributed by atoms with Gasteiger partial charge in [0.05, 0.1) is 6.42 Å². The second-order valence-corrected chi connectivity index (χ2v) is 7.67. The number of hydrogen-bond acceptors (Lipinski definition) is 4. The second kappa shape index (κ2) is 6.58. The fraction of sp³-hybridized carbons (Fsp3) is 0.579. The molecule has 2 aromatic heterocycles. The molecule has 3 heterocycles. The van der Waals surface area contributed by atoms with Gasteiger partial charge in [-0.3, -0.25) is 14.9 Å². The molecule has 1 N–H and O–H groups in total. The maximum Gasteiger partial charge on any atom is 0.227 e. The number of nitrogens with zero attached hydrogens (tertiary/aromatic N) is 4. The maximum atomic E-state index is 12.8. The number of amides is 1. The average Bonchev–Trinajstić information content (AvgIpc) is 3.16. The number of rotatable bonds is 5. The number of nitrogens with one attached hydrogen (secondary N) is 1. The first-order valence-electron chi connectivity index (χ1n) is 9.20. The van der Waals surface area contributed by atoms with E-state index < -0.39 is 0 Å². The molecule has 25 heavy (non-hydrogen) atoms. The molecule has 1 amide bonds. The Morgan fingerprint density at radius 1 is 1.28 bits per heavy atom. The largest absolute Gasteiger partial charge is 0.341 e. The minimum Gasteiger partial charge on any atom is -0.341 e. The van der Waals surface area contributed by atoms with Crippen LogP contribution in [0.2, 0.25) is 0 Å². The highest BCUT2D eigenvalue weighted by Crippen LogP contribution is 2.47. The lowest BCUT2D eigenvalue weighted by Gasteiger charge is -2.16. The highest BCUT2D eigenvalue weighted by Gasteiger charge is 2.45. The number of H-pyrrole nitrogens is 1. The van der Waals surface area contributed by atoms with Gasteiger partial charge in [0.25, 0.3) is 0 Å². The zero-order chi connectivity index (χ0) is 17.4. The Balaban J connectivity index is 1.49.